The standard InChI is InChI=1S/C17H27N3O2/c1-13-6-7-14(2)16(12-13)18-17(22)8-9-20(15(3)21)11-10-19(4)5/h6-7,12H,8-11H2,1-5H3,(H,18,22). The van der Waals surface area contributed by atoms with Crippen LogP contribution in [0.2, 0.25) is 0 Å². The Labute approximate surface area is 133 Å². The maximum atomic E-state index is 12.1. The largest absolute Gasteiger partial charge is 0.341 e. The van der Waals surface area contributed by atoms with Crippen molar-refractivity contribution in [2.45, 2.75) is 27.2 Å². The molecule has 1 aromatic rings. The van der Waals surface area contributed by atoms with Gasteiger partial charge in [0.05, 0.1) is 0 Å². The molecule has 1 N–H and O–H groups in total. The molecule has 0 atom stereocenters. The molecular weight excluding hydrogens is 278 g/mol. The molecule has 0 aliphatic heterocycles. The van der Waals surface area contributed by atoms with Gasteiger partial charge in [0.1, 0.15) is 0 Å². The van der Waals surface area contributed by atoms with Crippen molar-refractivity contribution >= 4 is 17.5 Å². The minimum atomic E-state index is -0.0650. The molecule has 5 nitrogen and oxygen atoms in total. The molecule has 0 fully saturated rings. The van der Waals surface area contributed by atoms with Crippen LogP contribution in [0.4, 0.5) is 5.69 Å². The summed E-state index contributed by atoms with van der Waals surface area (Å²) in [4.78, 5) is 27.4. The van der Waals surface area contributed by atoms with Gasteiger partial charge in [-0.1, -0.05) is 12.1 Å². The Morgan fingerprint density at radius 1 is 1.09 bits per heavy atom. The van der Waals surface area contributed by atoms with Crippen molar-refractivity contribution in [1.82, 2.24) is 9.80 Å². The van der Waals surface area contributed by atoms with Gasteiger partial charge in [-0.25, -0.2) is 0 Å². The number of amides is 2. The minimum absolute atomic E-state index is 0.00128. The van der Waals surface area contributed by atoms with Crippen LogP contribution in [0.15, 0.2) is 18.2 Å². The first-order valence-corrected chi connectivity index (χ1v) is 7.57. The highest BCUT2D eigenvalue weighted by Crippen LogP contribution is 2.16. The van der Waals surface area contributed by atoms with Gasteiger partial charge in [-0.3, -0.25) is 9.59 Å². The fourth-order valence-electron chi connectivity index (χ4n) is 2.07. The second-order valence-electron chi connectivity index (χ2n) is 5.93. The lowest BCUT2D eigenvalue weighted by molar-refractivity contribution is -0.129. The maximum Gasteiger partial charge on any atom is 0.226 e. The van der Waals surface area contributed by atoms with Crippen LogP contribution >= 0.6 is 0 Å². The molecule has 2 amide bonds. The van der Waals surface area contributed by atoms with Gasteiger partial charge in [0.15, 0.2) is 0 Å². The van der Waals surface area contributed by atoms with E-state index in [0.717, 1.165) is 23.4 Å². The number of hydrogen-bond donors (Lipinski definition) is 1. The summed E-state index contributed by atoms with van der Waals surface area (Å²) in [5, 5.41) is 2.92. The zero-order chi connectivity index (χ0) is 16.7. The quantitative estimate of drug-likeness (QED) is 0.839. The lowest BCUT2D eigenvalue weighted by atomic mass is 10.1. The molecule has 122 valence electrons. The molecule has 0 aliphatic rings. The lowest BCUT2D eigenvalue weighted by Gasteiger charge is -2.22. The fourth-order valence-corrected chi connectivity index (χ4v) is 2.07. The summed E-state index contributed by atoms with van der Waals surface area (Å²) in [7, 11) is 3.93. The number of likely N-dealkylation sites (N-methyl/N-ethyl adjacent to an activating group) is 1. The molecular formula is C17H27N3O2. The lowest BCUT2D eigenvalue weighted by Crippen LogP contribution is -2.37. The first kappa shape index (κ1) is 18.2. The SMILES string of the molecule is CC(=O)N(CCC(=O)Nc1cc(C)ccc1C)CCN(C)C. The van der Waals surface area contributed by atoms with Crippen molar-refractivity contribution in [1.29, 1.82) is 0 Å². The van der Waals surface area contributed by atoms with E-state index in [2.05, 4.69) is 5.32 Å². The average molecular weight is 305 g/mol. The highest BCUT2D eigenvalue weighted by Gasteiger charge is 2.12. The molecule has 0 aromatic heterocycles. The Hall–Kier alpha value is -1.88. The van der Waals surface area contributed by atoms with Crippen molar-refractivity contribution in [3.8, 4) is 0 Å². The number of aryl methyl sites for hydroxylation is 2. The van der Waals surface area contributed by atoms with Gasteiger partial charge in [-0.05, 0) is 45.1 Å². The molecule has 22 heavy (non-hydrogen) atoms. The van der Waals surface area contributed by atoms with Gasteiger partial charge >= 0.3 is 0 Å². The second kappa shape index (κ2) is 8.54. The Morgan fingerprint density at radius 3 is 2.36 bits per heavy atom. The molecule has 0 unspecified atom stereocenters. The molecule has 0 aliphatic carbocycles. The summed E-state index contributed by atoms with van der Waals surface area (Å²) in [6.45, 7) is 7.37. The molecule has 1 aromatic carbocycles. The van der Waals surface area contributed by atoms with Crippen LogP contribution in [-0.4, -0.2) is 55.3 Å². The van der Waals surface area contributed by atoms with E-state index in [4.69, 9.17) is 0 Å². The summed E-state index contributed by atoms with van der Waals surface area (Å²) >= 11 is 0. The maximum absolute atomic E-state index is 12.1. The molecule has 0 saturated carbocycles. The first-order chi connectivity index (χ1) is 10.3. The topological polar surface area (TPSA) is 52.7 Å². The van der Waals surface area contributed by atoms with Gasteiger partial charge in [0.2, 0.25) is 11.8 Å². The smallest absolute Gasteiger partial charge is 0.226 e. The molecule has 5 heteroatoms. The number of nitrogens with zero attached hydrogens (tertiary/aromatic N) is 2. The van der Waals surface area contributed by atoms with Crippen molar-refractivity contribution in [2.75, 3.05) is 39.0 Å². The molecule has 0 radical (unpaired) electrons. The molecule has 0 bridgehead atoms. The Balaban J connectivity index is 2.53. The highest BCUT2D eigenvalue weighted by molar-refractivity contribution is 5.92. The van der Waals surface area contributed by atoms with Crippen LogP contribution in [-0.2, 0) is 9.59 Å². The van der Waals surface area contributed by atoms with E-state index < -0.39 is 0 Å². The predicted molar refractivity (Wildman–Crippen MR) is 90.0 cm³/mol. The van der Waals surface area contributed by atoms with Crippen molar-refractivity contribution in [2.24, 2.45) is 0 Å². The molecule has 1 rings (SSSR count). The van der Waals surface area contributed by atoms with Crippen LogP contribution < -0.4 is 5.32 Å². The van der Waals surface area contributed by atoms with E-state index in [1.165, 1.54) is 6.92 Å². The predicted octanol–water partition coefficient (Wildman–Crippen LogP) is 2.04. The normalized spacial score (nSPS) is 10.6. The van der Waals surface area contributed by atoms with Gasteiger partial charge in [-0.2, -0.15) is 0 Å². The van der Waals surface area contributed by atoms with Crippen molar-refractivity contribution in [3.05, 3.63) is 29.3 Å². The summed E-state index contributed by atoms with van der Waals surface area (Å²) < 4.78 is 0. The van der Waals surface area contributed by atoms with Gasteiger partial charge in [0.25, 0.3) is 0 Å². The number of carbonyl (C=O) groups is 2. The van der Waals surface area contributed by atoms with Crippen LogP contribution in [0.1, 0.15) is 24.5 Å². The number of hydrogen-bond acceptors (Lipinski definition) is 3. The van der Waals surface area contributed by atoms with E-state index in [-0.39, 0.29) is 11.8 Å². The fraction of sp³-hybridized carbons (Fsp3) is 0.529. The van der Waals surface area contributed by atoms with Crippen molar-refractivity contribution in [3.63, 3.8) is 0 Å². The summed E-state index contributed by atoms with van der Waals surface area (Å²) in [6.07, 6.45) is 0.306. The van der Waals surface area contributed by atoms with E-state index in [9.17, 15) is 9.59 Å². The van der Waals surface area contributed by atoms with E-state index >= 15 is 0 Å². The minimum Gasteiger partial charge on any atom is -0.341 e. The van der Waals surface area contributed by atoms with Gasteiger partial charge in [-0.15, -0.1) is 0 Å². The Kier molecular flexibility index (Phi) is 7.05. The second-order valence-corrected chi connectivity index (χ2v) is 5.93. The monoisotopic (exact) mass is 305 g/mol. The van der Waals surface area contributed by atoms with Crippen LogP contribution in [0, 0.1) is 13.8 Å². The Bertz CT molecular complexity index is 527. The number of rotatable bonds is 7. The highest BCUT2D eigenvalue weighted by atomic mass is 16.2. The number of nitrogens with one attached hydrogen (secondary N) is 1. The third-order valence-electron chi connectivity index (χ3n) is 3.54. The summed E-state index contributed by atoms with van der Waals surface area (Å²) in [5.41, 5.74) is 2.99. The zero-order valence-electron chi connectivity index (χ0n) is 14.3. The first-order valence-electron chi connectivity index (χ1n) is 7.57. The van der Waals surface area contributed by atoms with Crippen LogP contribution in [0.3, 0.4) is 0 Å². The van der Waals surface area contributed by atoms with E-state index in [0.29, 0.717) is 19.5 Å². The summed E-state index contributed by atoms with van der Waals surface area (Å²) in [5.74, 6) is -0.0637. The van der Waals surface area contributed by atoms with Crippen molar-refractivity contribution < 1.29 is 9.59 Å². The number of carbonyl (C=O) groups excluding carboxylic acids is 2. The van der Waals surface area contributed by atoms with Gasteiger partial charge < -0.3 is 15.1 Å². The van der Waals surface area contributed by atoms with E-state index in [1.807, 2.05) is 51.0 Å². The van der Waals surface area contributed by atoms with Gasteiger partial charge in [0, 0.05) is 38.7 Å². The number of anilines is 1. The van der Waals surface area contributed by atoms with Crippen LogP contribution in [0.25, 0.3) is 0 Å². The summed E-state index contributed by atoms with van der Waals surface area (Å²) in [6, 6.07) is 5.97. The van der Waals surface area contributed by atoms with E-state index in [1.54, 1.807) is 4.90 Å². The third-order valence-corrected chi connectivity index (χ3v) is 3.54. The average Bonchev–Trinajstić information content (AvgIpc) is 2.42. The molecule has 0 saturated heterocycles. The number of benzene rings is 1. The molecule has 0 spiro atoms. The Morgan fingerprint density at radius 2 is 1.77 bits per heavy atom. The van der Waals surface area contributed by atoms with Crippen LogP contribution in [0.5, 0.6) is 0 Å². The molecule has 0 heterocycles. The zero-order valence-corrected chi connectivity index (χ0v) is 14.3. The third kappa shape index (κ3) is 6.26.